The highest BCUT2D eigenvalue weighted by Crippen LogP contribution is 2.13. The van der Waals surface area contributed by atoms with E-state index in [-0.39, 0.29) is 12.1 Å². The number of urea groups is 1. The molecule has 0 aromatic heterocycles. The third-order valence-corrected chi connectivity index (χ3v) is 2.55. The monoisotopic (exact) mass is 200 g/mol. The van der Waals surface area contributed by atoms with Gasteiger partial charge in [0.2, 0.25) is 0 Å². The van der Waals surface area contributed by atoms with Gasteiger partial charge in [-0.1, -0.05) is 13.8 Å². The predicted octanol–water partition coefficient (Wildman–Crippen LogP) is 1.07. The van der Waals surface area contributed by atoms with E-state index in [0.717, 1.165) is 13.1 Å². The minimum atomic E-state index is 0.0448. The molecule has 1 heterocycles. The van der Waals surface area contributed by atoms with Crippen LogP contribution in [0, 0.1) is 5.92 Å². The highest BCUT2D eigenvalue weighted by Gasteiger charge is 2.29. The summed E-state index contributed by atoms with van der Waals surface area (Å²) < 4.78 is 5.40. The fourth-order valence-electron chi connectivity index (χ4n) is 1.68. The van der Waals surface area contributed by atoms with E-state index in [1.807, 2.05) is 11.8 Å². The van der Waals surface area contributed by atoms with Crippen molar-refractivity contribution in [1.29, 1.82) is 0 Å². The third-order valence-electron chi connectivity index (χ3n) is 2.55. The van der Waals surface area contributed by atoms with E-state index in [4.69, 9.17) is 4.74 Å². The lowest BCUT2D eigenvalue weighted by Crippen LogP contribution is -2.44. The van der Waals surface area contributed by atoms with Crippen molar-refractivity contribution in [3.05, 3.63) is 0 Å². The highest BCUT2D eigenvalue weighted by atomic mass is 16.5. The molecular weight excluding hydrogens is 180 g/mol. The van der Waals surface area contributed by atoms with Gasteiger partial charge in [0.25, 0.3) is 0 Å². The molecule has 1 atom stereocenters. The van der Waals surface area contributed by atoms with Crippen molar-refractivity contribution >= 4 is 6.03 Å². The number of nitrogens with one attached hydrogen (secondary N) is 1. The molecule has 1 fully saturated rings. The van der Waals surface area contributed by atoms with Crippen LogP contribution in [0.2, 0.25) is 0 Å². The molecule has 1 unspecified atom stereocenters. The van der Waals surface area contributed by atoms with Crippen LogP contribution in [0.5, 0.6) is 0 Å². The number of ether oxygens (including phenoxy) is 1. The first-order chi connectivity index (χ1) is 6.66. The van der Waals surface area contributed by atoms with Crippen LogP contribution in [0.1, 0.15) is 20.8 Å². The first-order valence-electron chi connectivity index (χ1n) is 5.29. The topological polar surface area (TPSA) is 41.6 Å². The Balaban J connectivity index is 2.52. The Morgan fingerprint density at radius 1 is 1.57 bits per heavy atom. The first kappa shape index (κ1) is 11.3. The summed E-state index contributed by atoms with van der Waals surface area (Å²) in [5.74, 6) is 0.436. The third kappa shape index (κ3) is 2.61. The van der Waals surface area contributed by atoms with Crippen LogP contribution in [0.25, 0.3) is 0 Å². The molecule has 14 heavy (non-hydrogen) atoms. The maximum atomic E-state index is 11.4. The summed E-state index contributed by atoms with van der Waals surface area (Å²) in [4.78, 5) is 13.3. The Morgan fingerprint density at radius 2 is 2.29 bits per heavy atom. The van der Waals surface area contributed by atoms with Crippen LogP contribution in [-0.4, -0.2) is 43.3 Å². The highest BCUT2D eigenvalue weighted by molar-refractivity contribution is 5.76. The molecule has 1 N–H and O–H groups in total. The van der Waals surface area contributed by atoms with Gasteiger partial charge in [0, 0.05) is 19.7 Å². The molecular formula is C10H20N2O2. The zero-order valence-corrected chi connectivity index (χ0v) is 9.25. The van der Waals surface area contributed by atoms with Gasteiger partial charge in [0.1, 0.15) is 0 Å². The van der Waals surface area contributed by atoms with Gasteiger partial charge in [-0.05, 0) is 12.8 Å². The Hall–Kier alpha value is -0.770. The number of carbonyl (C=O) groups is 1. The zero-order valence-electron chi connectivity index (χ0n) is 9.25. The van der Waals surface area contributed by atoms with E-state index in [2.05, 4.69) is 19.2 Å². The van der Waals surface area contributed by atoms with E-state index in [1.165, 1.54) is 0 Å². The van der Waals surface area contributed by atoms with Crippen LogP contribution < -0.4 is 5.32 Å². The minimum Gasteiger partial charge on any atom is -0.380 e. The maximum Gasteiger partial charge on any atom is 0.317 e. The van der Waals surface area contributed by atoms with E-state index in [9.17, 15) is 4.79 Å². The van der Waals surface area contributed by atoms with Crippen LogP contribution in [0.4, 0.5) is 4.79 Å². The number of nitrogens with zero attached hydrogens (tertiary/aromatic N) is 1. The summed E-state index contributed by atoms with van der Waals surface area (Å²) in [7, 11) is 0. The Morgan fingerprint density at radius 3 is 2.71 bits per heavy atom. The summed E-state index contributed by atoms with van der Waals surface area (Å²) in [6.45, 7) is 9.12. The second-order valence-corrected chi connectivity index (χ2v) is 3.90. The Labute approximate surface area is 85.6 Å². The van der Waals surface area contributed by atoms with Crippen LogP contribution >= 0.6 is 0 Å². The van der Waals surface area contributed by atoms with Gasteiger partial charge >= 0.3 is 6.03 Å². The minimum absolute atomic E-state index is 0.0448. The zero-order chi connectivity index (χ0) is 10.6. The summed E-state index contributed by atoms with van der Waals surface area (Å²) in [6, 6.07) is 0.251. The predicted molar refractivity (Wildman–Crippen MR) is 55.2 cm³/mol. The van der Waals surface area contributed by atoms with Crippen molar-refractivity contribution in [1.82, 2.24) is 10.2 Å². The summed E-state index contributed by atoms with van der Waals surface area (Å²) in [5.41, 5.74) is 0. The van der Waals surface area contributed by atoms with E-state index >= 15 is 0 Å². The molecule has 4 heteroatoms. The number of hydrogen-bond acceptors (Lipinski definition) is 2. The van der Waals surface area contributed by atoms with Gasteiger partial charge < -0.3 is 15.0 Å². The van der Waals surface area contributed by atoms with E-state index in [0.29, 0.717) is 19.1 Å². The van der Waals surface area contributed by atoms with Crippen molar-refractivity contribution in [2.75, 3.05) is 26.3 Å². The molecule has 1 aliphatic rings. The summed E-state index contributed by atoms with van der Waals surface area (Å²) >= 11 is 0. The van der Waals surface area contributed by atoms with Gasteiger partial charge in [-0.25, -0.2) is 4.79 Å². The van der Waals surface area contributed by atoms with Gasteiger partial charge in [-0.2, -0.15) is 0 Å². The fraction of sp³-hybridized carbons (Fsp3) is 0.900. The average molecular weight is 200 g/mol. The van der Waals surface area contributed by atoms with Crippen molar-refractivity contribution in [3.63, 3.8) is 0 Å². The van der Waals surface area contributed by atoms with Gasteiger partial charge in [0.05, 0.1) is 12.6 Å². The summed E-state index contributed by atoms with van der Waals surface area (Å²) in [5, 5.41) is 2.81. The molecule has 82 valence electrons. The molecule has 0 spiro atoms. The molecule has 4 nitrogen and oxygen atoms in total. The molecule has 0 aromatic rings. The lowest BCUT2D eigenvalue weighted by atomic mass is 10.0. The molecule has 1 rings (SSSR count). The van der Waals surface area contributed by atoms with Gasteiger partial charge in [-0.3, -0.25) is 0 Å². The van der Waals surface area contributed by atoms with E-state index in [1.54, 1.807) is 0 Å². The molecule has 0 aliphatic carbocycles. The van der Waals surface area contributed by atoms with Crippen LogP contribution in [0.15, 0.2) is 0 Å². The fourth-order valence-corrected chi connectivity index (χ4v) is 1.68. The quantitative estimate of drug-likeness (QED) is 0.721. The molecule has 0 saturated carbocycles. The standard InChI is InChI=1S/C10H20N2O2/c1-4-14-7-9(8(2)3)12-6-5-11-10(12)13/h8-9H,4-7H2,1-3H3,(H,11,13). The lowest BCUT2D eigenvalue weighted by molar-refractivity contribution is 0.0682. The smallest absolute Gasteiger partial charge is 0.317 e. The van der Waals surface area contributed by atoms with E-state index < -0.39 is 0 Å². The Kier molecular flexibility index (Phi) is 4.20. The van der Waals surface area contributed by atoms with Gasteiger partial charge in [0.15, 0.2) is 0 Å². The number of hydrogen-bond donors (Lipinski definition) is 1. The Bertz CT molecular complexity index is 195. The number of carbonyl (C=O) groups excluding carboxylic acids is 1. The first-order valence-corrected chi connectivity index (χ1v) is 5.29. The average Bonchev–Trinajstić information content (AvgIpc) is 2.52. The normalized spacial score (nSPS) is 18.9. The number of amides is 2. The molecule has 0 radical (unpaired) electrons. The molecule has 0 aromatic carbocycles. The maximum absolute atomic E-state index is 11.4. The number of rotatable bonds is 5. The second-order valence-electron chi connectivity index (χ2n) is 3.90. The molecule has 2 amide bonds. The van der Waals surface area contributed by atoms with Crippen LogP contribution in [-0.2, 0) is 4.74 Å². The molecule has 1 saturated heterocycles. The second kappa shape index (κ2) is 5.20. The van der Waals surface area contributed by atoms with Crippen molar-refractivity contribution in [3.8, 4) is 0 Å². The van der Waals surface area contributed by atoms with Crippen molar-refractivity contribution in [2.24, 2.45) is 5.92 Å². The molecule has 1 aliphatic heterocycles. The van der Waals surface area contributed by atoms with Gasteiger partial charge in [-0.15, -0.1) is 0 Å². The van der Waals surface area contributed by atoms with Crippen molar-refractivity contribution in [2.45, 2.75) is 26.8 Å². The van der Waals surface area contributed by atoms with Crippen LogP contribution in [0.3, 0.4) is 0 Å². The SMILES string of the molecule is CCOCC(C(C)C)N1CCNC1=O. The molecule has 0 bridgehead atoms. The van der Waals surface area contributed by atoms with Crippen molar-refractivity contribution < 1.29 is 9.53 Å². The lowest BCUT2D eigenvalue weighted by Gasteiger charge is -2.29. The largest absolute Gasteiger partial charge is 0.380 e. The summed E-state index contributed by atoms with van der Waals surface area (Å²) in [6.07, 6.45) is 0.